The second-order valence-corrected chi connectivity index (χ2v) is 4.70. The van der Waals surface area contributed by atoms with Crippen LogP contribution in [-0.2, 0) is 0 Å². The average molecular weight is 260 g/mol. The highest BCUT2D eigenvalue weighted by Crippen LogP contribution is 2.23. The normalized spacial score (nSPS) is 10.1. The van der Waals surface area contributed by atoms with E-state index in [9.17, 15) is 10.1 Å². The van der Waals surface area contributed by atoms with Crippen molar-refractivity contribution in [1.82, 2.24) is 0 Å². The summed E-state index contributed by atoms with van der Waals surface area (Å²) in [6.07, 6.45) is 0. The molecular weight excluding hydrogens is 248 g/mol. The van der Waals surface area contributed by atoms with Gasteiger partial charge in [0.2, 0.25) is 0 Å². The fourth-order valence-corrected chi connectivity index (χ4v) is 2.10. The summed E-state index contributed by atoms with van der Waals surface area (Å²) < 4.78 is 3.20. The SMILES string of the molecule is Cc1cccc(NSc2ccc([N+](=O)[O-])cc2)c1. The van der Waals surface area contributed by atoms with E-state index in [-0.39, 0.29) is 5.69 Å². The lowest BCUT2D eigenvalue weighted by atomic mass is 10.2. The lowest BCUT2D eigenvalue weighted by Crippen LogP contribution is -1.89. The number of hydrogen-bond donors (Lipinski definition) is 1. The largest absolute Gasteiger partial charge is 0.326 e. The van der Waals surface area contributed by atoms with E-state index >= 15 is 0 Å². The summed E-state index contributed by atoms with van der Waals surface area (Å²) in [4.78, 5) is 11.0. The monoisotopic (exact) mass is 260 g/mol. The van der Waals surface area contributed by atoms with Gasteiger partial charge in [-0.3, -0.25) is 10.1 Å². The summed E-state index contributed by atoms with van der Waals surface area (Å²) >= 11 is 1.43. The Hall–Kier alpha value is -2.01. The van der Waals surface area contributed by atoms with Crippen molar-refractivity contribution in [3.05, 3.63) is 64.2 Å². The van der Waals surface area contributed by atoms with E-state index in [2.05, 4.69) is 4.72 Å². The zero-order chi connectivity index (χ0) is 13.0. The fourth-order valence-electron chi connectivity index (χ4n) is 1.46. The van der Waals surface area contributed by atoms with Crippen LogP contribution < -0.4 is 4.72 Å². The standard InChI is InChI=1S/C13H12N2O2S/c1-10-3-2-4-11(9-10)14-18-13-7-5-12(6-8-13)15(16)17/h2-9,14H,1H3. The summed E-state index contributed by atoms with van der Waals surface area (Å²) in [7, 11) is 0. The van der Waals surface area contributed by atoms with Crippen LogP contribution in [0.4, 0.5) is 11.4 Å². The summed E-state index contributed by atoms with van der Waals surface area (Å²) in [6, 6.07) is 14.5. The molecule has 0 heterocycles. The molecule has 18 heavy (non-hydrogen) atoms. The highest BCUT2D eigenvalue weighted by Gasteiger charge is 2.04. The maximum absolute atomic E-state index is 10.5. The van der Waals surface area contributed by atoms with Crippen molar-refractivity contribution in [3.63, 3.8) is 0 Å². The van der Waals surface area contributed by atoms with Crippen LogP contribution in [0, 0.1) is 17.0 Å². The number of anilines is 1. The van der Waals surface area contributed by atoms with Gasteiger partial charge in [0.05, 0.1) is 4.92 Å². The molecule has 2 aromatic rings. The molecular formula is C13H12N2O2S. The first kappa shape index (κ1) is 12.4. The first-order valence-corrected chi connectivity index (χ1v) is 6.21. The van der Waals surface area contributed by atoms with Crippen LogP contribution >= 0.6 is 11.9 Å². The van der Waals surface area contributed by atoms with Crippen LogP contribution in [-0.4, -0.2) is 4.92 Å². The van der Waals surface area contributed by atoms with Gasteiger partial charge in [-0.15, -0.1) is 0 Å². The lowest BCUT2D eigenvalue weighted by Gasteiger charge is -2.05. The number of nitrogens with one attached hydrogen (secondary N) is 1. The molecule has 0 atom stereocenters. The number of nitro benzene ring substituents is 1. The molecule has 0 saturated carbocycles. The third-order valence-electron chi connectivity index (χ3n) is 2.35. The zero-order valence-corrected chi connectivity index (χ0v) is 10.6. The molecule has 92 valence electrons. The van der Waals surface area contributed by atoms with Gasteiger partial charge in [0.25, 0.3) is 5.69 Å². The van der Waals surface area contributed by atoms with E-state index in [0.717, 1.165) is 10.6 Å². The molecule has 0 bridgehead atoms. The first-order valence-electron chi connectivity index (χ1n) is 5.39. The molecule has 0 saturated heterocycles. The maximum atomic E-state index is 10.5. The van der Waals surface area contributed by atoms with Crippen LogP contribution in [0.5, 0.6) is 0 Å². The number of aryl methyl sites for hydroxylation is 1. The fraction of sp³-hybridized carbons (Fsp3) is 0.0769. The van der Waals surface area contributed by atoms with Gasteiger partial charge >= 0.3 is 0 Å². The molecule has 5 heteroatoms. The number of hydrogen-bond acceptors (Lipinski definition) is 4. The smallest absolute Gasteiger partial charge is 0.269 e. The molecule has 0 aliphatic heterocycles. The van der Waals surface area contributed by atoms with Crippen molar-refractivity contribution in [2.45, 2.75) is 11.8 Å². The summed E-state index contributed by atoms with van der Waals surface area (Å²) in [5.74, 6) is 0. The second kappa shape index (κ2) is 5.55. The first-order chi connectivity index (χ1) is 8.65. The maximum Gasteiger partial charge on any atom is 0.269 e. The number of nitrogens with zero attached hydrogens (tertiary/aromatic N) is 1. The number of benzene rings is 2. The van der Waals surface area contributed by atoms with E-state index in [4.69, 9.17) is 0 Å². The van der Waals surface area contributed by atoms with Crippen LogP contribution in [0.2, 0.25) is 0 Å². The highest BCUT2D eigenvalue weighted by molar-refractivity contribution is 8.00. The Labute approximate surface area is 109 Å². The Morgan fingerprint density at radius 3 is 2.50 bits per heavy atom. The van der Waals surface area contributed by atoms with Gasteiger partial charge < -0.3 is 4.72 Å². The topological polar surface area (TPSA) is 55.2 Å². The molecule has 0 radical (unpaired) electrons. The molecule has 0 fully saturated rings. The van der Waals surface area contributed by atoms with Crippen molar-refractivity contribution < 1.29 is 4.92 Å². The summed E-state index contributed by atoms with van der Waals surface area (Å²) in [6.45, 7) is 2.03. The lowest BCUT2D eigenvalue weighted by molar-refractivity contribution is -0.384. The van der Waals surface area contributed by atoms with Gasteiger partial charge in [-0.05, 0) is 48.7 Å². The van der Waals surface area contributed by atoms with Crippen molar-refractivity contribution in [3.8, 4) is 0 Å². The van der Waals surface area contributed by atoms with E-state index in [1.165, 1.54) is 29.6 Å². The molecule has 0 aliphatic carbocycles. The van der Waals surface area contributed by atoms with E-state index < -0.39 is 4.92 Å². The van der Waals surface area contributed by atoms with Gasteiger partial charge in [0.15, 0.2) is 0 Å². The summed E-state index contributed by atoms with van der Waals surface area (Å²) in [5.41, 5.74) is 2.30. The quantitative estimate of drug-likeness (QED) is 0.512. The Bertz CT molecular complexity index is 555. The number of non-ortho nitro benzene ring substituents is 1. The van der Waals surface area contributed by atoms with Crippen LogP contribution in [0.3, 0.4) is 0 Å². The van der Waals surface area contributed by atoms with E-state index in [1.54, 1.807) is 12.1 Å². The van der Waals surface area contributed by atoms with Gasteiger partial charge in [0.1, 0.15) is 0 Å². The van der Waals surface area contributed by atoms with Crippen molar-refractivity contribution in [2.24, 2.45) is 0 Å². The molecule has 0 spiro atoms. The number of rotatable bonds is 4. The van der Waals surface area contributed by atoms with E-state index in [0.29, 0.717) is 0 Å². The third-order valence-corrected chi connectivity index (χ3v) is 3.20. The second-order valence-electron chi connectivity index (χ2n) is 3.82. The molecule has 2 aromatic carbocycles. The predicted molar refractivity (Wildman–Crippen MR) is 73.8 cm³/mol. The van der Waals surface area contributed by atoms with Gasteiger partial charge in [0, 0.05) is 22.7 Å². The molecule has 0 aromatic heterocycles. The molecule has 2 rings (SSSR count). The Kier molecular flexibility index (Phi) is 3.84. The average Bonchev–Trinajstić information content (AvgIpc) is 2.37. The van der Waals surface area contributed by atoms with Gasteiger partial charge in [-0.2, -0.15) is 0 Å². The molecule has 0 unspecified atom stereocenters. The van der Waals surface area contributed by atoms with Crippen molar-refractivity contribution in [2.75, 3.05) is 4.72 Å². The minimum Gasteiger partial charge on any atom is -0.326 e. The molecule has 0 amide bonds. The van der Waals surface area contributed by atoms with Crippen molar-refractivity contribution in [1.29, 1.82) is 0 Å². The molecule has 4 nitrogen and oxygen atoms in total. The Morgan fingerprint density at radius 1 is 1.17 bits per heavy atom. The number of nitro groups is 1. The minimum atomic E-state index is -0.400. The Balaban J connectivity index is 2.00. The van der Waals surface area contributed by atoms with Crippen LogP contribution in [0.25, 0.3) is 0 Å². The van der Waals surface area contributed by atoms with Crippen LogP contribution in [0.1, 0.15) is 5.56 Å². The zero-order valence-electron chi connectivity index (χ0n) is 9.79. The van der Waals surface area contributed by atoms with Gasteiger partial charge in [-0.1, -0.05) is 12.1 Å². The van der Waals surface area contributed by atoms with Crippen LogP contribution in [0.15, 0.2) is 53.4 Å². The predicted octanol–water partition coefficient (Wildman–Crippen LogP) is 4.02. The Morgan fingerprint density at radius 2 is 1.89 bits per heavy atom. The van der Waals surface area contributed by atoms with Crippen molar-refractivity contribution >= 4 is 23.3 Å². The molecule has 0 aliphatic rings. The van der Waals surface area contributed by atoms with Gasteiger partial charge in [-0.25, -0.2) is 0 Å². The highest BCUT2D eigenvalue weighted by atomic mass is 32.2. The third kappa shape index (κ3) is 3.24. The summed E-state index contributed by atoms with van der Waals surface area (Å²) in [5, 5.41) is 10.5. The molecule has 1 N–H and O–H groups in total. The minimum absolute atomic E-state index is 0.106. The van der Waals surface area contributed by atoms with E-state index in [1.807, 2.05) is 31.2 Å².